The number of nitrogen functional groups attached to an aromatic ring is 1. The highest BCUT2D eigenvalue weighted by Gasteiger charge is 2.12. The molecule has 2 aromatic rings. The highest BCUT2D eigenvalue weighted by atomic mass is 19.2. The summed E-state index contributed by atoms with van der Waals surface area (Å²) in [6.07, 6.45) is 1.43. The Labute approximate surface area is 95.4 Å². The van der Waals surface area contributed by atoms with E-state index < -0.39 is 17.5 Å². The predicted octanol–water partition coefficient (Wildman–Crippen LogP) is 2.13. The van der Waals surface area contributed by atoms with Gasteiger partial charge in [-0.1, -0.05) is 6.07 Å². The Kier molecular flexibility index (Phi) is 2.78. The maximum atomic E-state index is 13.3. The minimum Gasteiger partial charge on any atom is -0.397 e. The molecular weight excluding hydrogens is 228 g/mol. The summed E-state index contributed by atoms with van der Waals surface area (Å²) in [5.74, 6) is -2.71. The summed E-state index contributed by atoms with van der Waals surface area (Å²) >= 11 is 0. The number of amides is 1. The van der Waals surface area contributed by atoms with Crippen LogP contribution in [0.2, 0.25) is 0 Å². The van der Waals surface area contributed by atoms with E-state index in [1.54, 1.807) is 0 Å². The van der Waals surface area contributed by atoms with Gasteiger partial charge in [0.1, 0.15) is 5.69 Å². The van der Waals surface area contributed by atoms with E-state index in [9.17, 15) is 13.6 Å². The quantitative estimate of drug-likeness (QED) is 0.748. The summed E-state index contributed by atoms with van der Waals surface area (Å²) in [7, 11) is 0. The Bertz CT molecular complexity index is 566. The van der Waals surface area contributed by atoms with Crippen LogP contribution in [0.4, 0.5) is 20.2 Å². The third-order valence-electron chi connectivity index (χ3n) is 2.15. The molecule has 0 atom stereocenters. The van der Waals surface area contributed by atoms with Crippen LogP contribution in [-0.4, -0.2) is 10.9 Å². The Balaban J connectivity index is 2.21. The number of nitrogens with one attached hydrogen (secondary N) is 2. The van der Waals surface area contributed by atoms with E-state index >= 15 is 0 Å². The minimum absolute atomic E-state index is 0.172. The van der Waals surface area contributed by atoms with E-state index in [0.29, 0.717) is 5.69 Å². The molecule has 0 bridgehead atoms. The van der Waals surface area contributed by atoms with Gasteiger partial charge in [-0.15, -0.1) is 0 Å². The number of carbonyl (C=O) groups excluding carboxylic acids is 1. The van der Waals surface area contributed by atoms with E-state index in [1.807, 2.05) is 0 Å². The zero-order valence-electron chi connectivity index (χ0n) is 8.63. The molecule has 0 aliphatic rings. The minimum atomic E-state index is -1.10. The second kappa shape index (κ2) is 4.25. The van der Waals surface area contributed by atoms with Gasteiger partial charge in [-0.3, -0.25) is 4.79 Å². The lowest BCUT2D eigenvalue weighted by atomic mass is 10.3. The van der Waals surface area contributed by atoms with Gasteiger partial charge in [0.05, 0.1) is 5.69 Å². The molecule has 2 rings (SSSR count). The van der Waals surface area contributed by atoms with Crippen LogP contribution < -0.4 is 11.1 Å². The molecule has 1 aromatic heterocycles. The first-order valence-electron chi connectivity index (χ1n) is 4.77. The zero-order chi connectivity index (χ0) is 12.4. The monoisotopic (exact) mass is 237 g/mol. The van der Waals surface area contributed by atoms with Crippen molar-refractivity contribution in [3.63, 3.8) is 0 Å². The van der Waals surface area contributed by atoms with Gasteiger partial charge >= 0.3 is 0 Å². The Morgan fingerprint density at radius 3 is 2.76 bits per heavy atom. The van der Waals surface area contributed by atoms with Gasteiger partial charge in [0.25, 0.3) is 5.91 Å². The molecule has 4 nitrogen and oxygen atoms in total. The smallest absolute Gasteiger partial charge is 0.272 e. The van der Waals surface area contributed by atoms with Crippen LogP contribution >= 0.6 is 0 Å². The molecule has 0 aliphatic heterocycles. The first kappa shape index (κ1) is 11.1. The topological polar surface area (TPSA) is 70.9 Å². The fraction of sp³-hybridized carbons (Fsp3) is 0. The van der Waals surface area contributed by atoms with Gasteiger partial charge in [-0.05, 0) is 18.2 Å². The second-order valence-corrected chi connectivity index (χ2v) is 3.40. The molecule has 1 aromatic carbocycles. The van der Waals surface area contributed by atoms with Crippen LogP contribution in [0.3, 0.4) is 0 Å². The van der Waals surface area contributed by atoms with Crippen LogP contribution in [0.5, 0.6) is 0 Å². The highest BCUT2D eigenvalue weighted by Crippen LogP contribution is 2.17. The van der Waals surface area contributed by atoms with E-state index in [2.05, 4.69) is 10.3 Å². The molecule has 0 saturated heterocycles. The summed E-state index contributed by atoms with van der Waals surface area (Å²) < 4.78 is 26.1. The molecule has 6 heteroatoms. The summed E-state index contributed by atoms with van der Waals surface area (Å²) in [6, 6.07) is 4.93. The molecule has 0 aliphatic carbocycles. The first-order chi connectivity index (χ1) is 8.08. The van der Waals surface area contributed by atoms with Crippen molar-refractivity contribution in [3.05, 3.63) is 47.8 Å². The molecule has 88 valence electrons. The predicted molar refractivity (Wildman–Crippen MR) is 59.5 cm³/mol. The average Bonchev–Trinajstić information content (AvgIpc) is 2.72. The van der Waals surface area contributed by atoms with Crippen molar-refractivity contribution >= 4 is 17.3 Å². The van der Waals surface area contributed by atoms with E-state index in [4.69, 9.17) is 5.73 Å². The molecular formula is C11H9F2N3O. The summed E-state index contributed by atoms with van der Waals surface area (Å²) in [5.41, 5.74) is 5.76. The van der Waals surface area contributed by atoms with E-state index in [0.717, 1.165) is 6.07 Å². The van der Waals surface area contributed by atoms with Crippen molar-refractivity contribution in [2.24, 2.45) is 0 Å². The largest absolute Gasteiger partial charge is 0.397 e. The Morgan fingerprint density at radius 2 is 2.12 bits per heavy atom. The molecule has 0 unspecified atom stereocenters. The lowest BCUT2D eigenvalue weighted by molar-refractivity contribution is 0.102. The van der Waals surface area contributed by atoms with Crippen molar-refractivity contribution in [2.45, 2.75) is 0 Å². The van der Waals surface area contributed by atoms with Gasteiger partial charge in [0, 0.05) is 11.9 Å². The van der Waals surface area contributed by atoms with Gasteiger partial charge in [-0.25, -0.2) is 8.78 Å². The van der Waals surface area contributed by atoms with Crippen LogP contribution in [0.25, 0.3) is 0 Å². The fourth-order valence-electron chi connectivity index (χ4n) is 1.33. The summed E-state index contributed by atoms with van der Waals surface area (Å²) in [4.78, 5) is 14.2. The molecule has 17 heavy (non-hydrogen) atoms. The van der Waals surface area contributed by atoms with E-state index in [1.165, 1.54) is 24.4 Å². The SMILES string of the molecule is Nc1c[nH]c(C(=O)Nc2cccc(F)c2F)c1. The molecule has 1 heterocycles. The number of hydrogen-bond donors (Lipinski definition) is 3. The van der Waals surface area contributed by atoms with Gasteiger partial charge in [0.15, 0.2) is 11.6 Å². The third kappa shape index (κ3) is 2.25. The maximum Gasteiger partial charge on any atom is 0.272 e. The normalized spacial score (nSPS) is 10.2. The van der Waals surface area contributed by atoms with Crippen molar-refractivity contribution < 1.29 is 13.6 Å². The molecule has 0 spiro atoms. The van der Waals surface area contributed by atoms with Crippen LogP contribution in [0.15, 0.2) is 30.5 Å². The number of nitrogens with two attached hydrogens (primary N) is 1. The van der Waals surface area contributed by atoms with E-state index in [-0.39, 0.29) is 11.4 Å². The molecule has 4 N–H and O–H groups in total. The van der Waals surface area contributed by atoms with Crippen molar-refractivity contribution in [1.29, 1.82) is 0 Å². The lowest BCUT2D eigenvalue weighted by Gasteiger charge is -2.05. The van der Waals surface area contributed by atoms with Crippen molar-refractivity contribution in [1.82, 2.24) is 4.98 Å². The standard InChI is InChI=1S/C11H9F2N3O/c12-7-2-1-3-8(10(7)13)16-11(17)9-4-6(14)5-15-9/h1-5,15H,14H2,(H,16,17). The van der Waals surface area contributed by atoms with Gasteiger partial charge in [-0.2, -0.15) is 0 Å². The number of hydrogen-bond acceptors (Lipinski definition) is 2. The molecule has 1 amide bonds. The Morgan fingerprint density at radius 1 is 1.35 bits per heavy atom. The number of carbonyl (C=O) groups is 1. The van der Waals surface area contributed by atoms with Crippen LogP contribution in [0, 0.1) is 11.6 Å². The molecule has 0 saturated carbocycles. The first-order valence-corrected chi connectivity index (χ1v) is 4.77. The van der Waals surface area contributed by atoms with Gasteiger partial charge in [0.2, 0.25) is 0 Å². The van der Waals surface area contributed by atoms with Crippen LogP contribution in [0.1, 0.15) is 10.5 Å². The zero-order valence-corrected chi connectivity index (χ0v) is 8.63. The number of rotatable bonds is 2. The number of benzene rings is 1. The fourth-order valence-corrected chi connectivity index (χ4v) is 1.33. The summed E-state index contributed by atoms with van der Waals surface area (Å²) in [6.45, 7) is 0. The Hall–Kier alpha value is -2.37. The van der Waals surface area contributed by atoms with Crippen LogP contribution in [-0.2, 0) is 0 Å². The van der Waals surface area contributed by atoms with Gasteiger partial charge < -0.3 is 16.0 Å². The lowest BCUT2D eigenvalue weighted by Crippen LogP contribution is -2.13. The highest BCUT2D eigenvalue weighted by molar-refractivity contribution is 6.03. The molecule has 0 fully saturated rings. The number of H-pyrrole nitrogens is 1. The maximum absolute atomic E-state index is 13.3. The third-order valence-corrected chi connectivity index (χ3v) is 2.15. The van der Waals surface area contributed by atoms with Crippen molar-refractivity contribution in [3.8, 4) is 0 Å². The average molecular weight is 237 g/mol. The number of aromatic amines is 1. The number of aromatic nitrogens is 1. The second-order valence-electron chi connectivity index (χ2n) is 3.40. The van der Waals surface area contributed by atoms with Crippen molar-refractivity contribution in [2.75, 3.05) is 11.1 Å². The number of anilines is 2. The summed E-state index contributed by atoms with van der Waals surface area (Å²) in [5, 5.41) is 2.24. The molecule has 0 radical (unpaired) electrons. The number of halogens is 2.